The third kappa shape index (κ3) is 4.67. The van der Waals surface area contributed by atoms with Crippen LogP contribution in [-0.2, 0) is 18.4 Å². The highest BCUT2D eigenvalue weighted by molar-refractivity contribution is 5.81. The number of rotatable bonds is 6. The van der Waals surface area contributed by atoms with Crippen molar-refractivity contribution in [2.75, 3.05) is 13.1 Å². The molecule has 1 aromatic heterocycles. The SMILES string of the molecule is Cn1cc(C(O)CNC(=O)C2CCCCN2Cc2ccccc2)cn1. The van der Waals surface area contributed by atoms with E-state index in [1.54, 1.807) is 24.1 Å². The predicted molar refractivity (Wildman–Crippen MR) is 95.7 cm³/mol. The van der Waals surface area contributed by atoms with Gasteiger partial charge >= 0.3 is 0 Å². The van der Waals surface area contributed by atoms with Gasteiger partial charge in [0.2, 0.25) is 5.91 Å². The van der Waals surface area contributed by atoms with E-state index >= 15 is 0 Å². The molecule has 1 amide bonds. The van der Waals surface area contributed by atoms with Crippen LogP contribution < -0.4 is 5.32 Å². The van der Waals surface area contributed by atoms with E-state index in [9.17, 15) is 9.90 Å². The van der Waals surface area contributed by atoms with Crippen molar-refractivity contribution in [1.82, 2.24) is 20.0 Å². The quantitative estimate of drug-likeness (QED) is 0.837. The molecule has 0 radical (unpaired) electrons. The molecule has 0 aliphatic carbocycles. The first-order valence-corrected chi connectivity index (χ1v) is 8.86. The molecule has 2 unspecified atom stereocenters. The Bertz CT molecular complexity index is 686. The van der Waals surface area contributed by atoms with Crippen molar-refractivity contribution in [1.29, 1.82) is 0 Å². The molecule has 6 heteroatoms. The van der Waals surface area contributed by atoms with Gasteiger partial charge in [0.15, 0.2) is 0 Å². The molecule has 1 aliphatic heterocycles. The highest BCUT2D eigenvalue weighted by atomic mass is 16.3. The number of amides is 1. The molecule has 1 saturated heterocycles. The normalized spacial score (nSPS) is 19.5. The Morgan fingerprint density at radius 1 is 1.36 bits per heavy atom. The largest absolute Gasteiger partial charge is 0.386 e. The number of aliphatic hydroxyl groups is 1. The molecule has 1 aliphatic rings. The topological polar surface area (TPSA) is 70.4 Å². The standard InChI is InChI=1S/C19H26N4O2/c1-22-14-16(11-21-22)18(24)12-20-19(25)17-9-5-6-10-23(17)13-15-7-3-2-4-8-15/h2-4,7-8,11,14,17-18,24H,5-6,9-10,12-13H2,1H3,(H,20,25). The number of aliphatic hydroxyl groups excluding tert-OH is 1. The lowest BCUT2D eigenvalue weighted by Crippen LogP contribution is -2.49. The number of likely N-dealkylation sites (tertiary alicyclic amines) is 1. The number of benzene rings is 1. The summed E-state index contributed by atoms with van der Waals surface area (Å²) in [6.07, 6.45) is 5.70. The van der Waals surface area contributed by atoms with E-state index in [1.165, 1.54) is 5.56 Å². The van der Waals surface area contributed by atoms with E-state index in [2.05, 4.69) is 27.4 Å². The van der Waals surface area contributed by atoms with Gasteiger partial charge in [-0.15, -0.1) is 0 Å². The van der Waals surface area contributed by atoms with Crippen LogP contribution in [0.3, 0.4) is 0 Å². The number of carbonyl (C=O) groups excluding carboxylic acids is 1. The molecule has 0 spiro atoms. The Morgan fingerprint density at radius 2 is 2.16 bits per heavy atom. The first-order chi connectivity index (χ1) is 12.1. The minimum absolute atomic E-state index is 0.00132. The van der Waals surface area contributed by atoms with E-state index in [1.807, 2.05) is 18.2 Å². The predicted octanol–water partition coefficient (Wildman–Crippen LogP) is 1.62. The summed E-state index contributed by atoms with van der Waals surface area (Å²) >= 11 is 0. The van der Waals surface area contributed by atoms with E-state index in [0.29, 0.717) is 5.56 Å². The highest BCUT2D eigenvalue weighted by Gasteiger charge is 2.28. The van der Waals surface area contributed by atoms with Crippen LogP contribution in [0.25, 0.3) is 0 Å². The van der Waals surface area contributed by atoms with Crippen LogP contribution in [0.2, 0.25) is 0 Å². The zero-order valence-electron chi connectivity index (χ0n) is 14.6. The monoisotopic (exact) mass is 342 g/mol. The Balaban J connectivity index is 1.57. The average Bonchev–Trinajstić information content (AvgIpc) is 3.07. The summed E-state index contributed by atoms with van der Waals surface area (Å²) in [7, 11) is 1.80. The molecular formula is C19H26N4O2. The second kappa shape index (κ2) is 8.27. The lowest BCUT2D eigenvalue weighted by Gasteiger charge is -2.34. The maximum Gasteiger partial charge on any atom is 0.237 e. The van der Waals surface area contributed by atoms with Gasteiger partial charge in [-0.25, -0.2) is 0 Å². The molecule has 25 heavy (non-hydrogen) atoms. The van der Waals surface area contributed by atoms with Crippen LogP contribution in [-0.4, -0.2) is 44.8 Å². The molecule has 2 heterocycles. The van der Waals surface area contributed by atoms with Gasteiger partial charge in [0.1, 0.15) is 0 Å². The summed E-state index contributed by atoms with van der Waals surface area (Å²) < 4.78 is 1.64. The first-order valence-electron chi connectivity index (χ1n) is 8.86. The first kappa shape index (κ1) is 17.6. The Kier molecular flexibility index (Phi) is 5.83. The molecule has 1 aromatic carbocycles. The number of piperidine rings is 1. The number of aromatic nitrogens is 2. The third-order valence-electron chi connectivity index (χ3n) is 4.72. The Morgan fingerprint density at radius 3 is 2.88 bits per heavy atom. The van der Waals surface area contributed by atoms with E-state index in [0.717, 1.165) is 32.4 Å². The minimum Gasteiger partial charge on any atom is -0.386 e. The van der Waals surface area contributed by atoms with Gasteiger partial charge in [-0.1, -0.05) is 36.8 Å². The molecule has 2 aromatic rings. The molecule has 0 bridgehead atoms. The van der Waals surface area contributed by atoms with Crippen LogP contribution in [0.4, 0.5) is 0 Å². The number of hydrogen-bond acceptors (Lipinski definition) is 4. The molecular weight excluding hydrogens is 316 g/mol. The van der Waals surface area contributed by atoms with E-state index in [-0.39, 0.29) is 18.5 Å². The zero-order chi connectivity index (χ0) is 17.6. The maximum atomic E-state index is 12.7. The van der Waals surface area contributed by atoms with E-state index < -0.39 is 6.10 Å². The van der Waals surface area contributed by atoms with Crippen LogP contribution in [0.5, 0.6) is 0 Å². The summed E-state index contributed by atoms with van der Waals surface area (Å²) in [4.78, 5) is 14.9. The van der Waals surface area contributed by atoms with Crippen LogP contribution in [0.15, 0.2) is 42.7 Å². The number of nitrogens with one attached hydrogen (secondary N) is 1. The zero-order valence-corrected chi connectivity index (χ0v) is 14.6. The second-order valence-corrected chi connectivity index (χ2v) is 6.68. The fourth-order valence-electron chi connectivity index (χ4n) is 3.34. The maximum absolute atomic E-state index is 12.7. The summed E-state index contributed by atoms with van der Waals surface area (Å²) in [5.41, 5.74) is 1.94. The molecule has 6 nitrogen and oxygen atoms in total. The Hall–Kier alpha value is -2.18. The van der Waals surface area contributed by atoms with Crippen molar-refractivity contribution >= 4 is 5.91 Å². The molecule has 0 saturated carbocycles. The van der Waals surface area contributed by atoms with Gasteiger partial charge in [-0.2, -0.15) is 5.10 Å². The third-order valence-corrected chi connectivity index (χ3v) is 4.72. The van der Waals surface area contributed by atoms with Crippen LogP contribution in [0, 0.1) is 0 Å². The van der Waals surface area contributed by atoms with Crippen LogP contribution >= 0.6 is 0 Å². The fourth-order valence-corrected chi connectivity index (χ4v) is 3.34. The molecule has 2 atom stereocenters. The molecule has 2 N–H and O–H groups in total. The number of hydrogen-bond donors (Lipinski definition) is 2. The van der Waals surface area contributed by atoms with E-state index in [4.69, 9.17) is 0 Å². The molecule has 1 fully saturated rings. The number of carbonyl (C=O) groups is 1. The Labute approximate surface area is 148 Å². The molecule has 134 valence electrons. The van der Waals surface area contributed by atoms with Crippen LogP contribution in [0.1, 0.15) is 36.5 Å². The minimum atomic E-state index is -0.733. The summed E-state index contributed by atoms with van der Waals surface area (Å²) in [5.74, 6) is -0.00132. The van der Waals surface area contributed by atoms with Gasteiger partial charge in [-0.3, -0.25) is 14.4 Å². The number of aryl methyl sites for hydroxylation is 1. The van der Waals surface area contributed by atoms with Crippen molar-refractivity contribution in [3.8, 4) is 0 Å². The second-order valence-electron chi connectivity index (χ2n) is 6.68. The smallest absolute Gasteiger partial charge is 0.237 e. The van der Waals surface area contributed by atoms with Gasteiger partial charge in [0.25, 0.3) is 0 Å². The highest BCUT2D eigenvalue weighted by Crippen LogP contribution is 2.20. The van der Waals surface area contributed by atoms with Crippen molar-refractivity contribution in [2.45, 2.75) is 38.0 Å². The number of nitrogens with zero attached hydrogens (tertiary/aromatic N) is 3. The summed E-state index contributed by atoms with van der Waals surface area (Å²) in [5, 5.41) is 17.2. The van der Waals surface area contributed by atoms with Crippen molar-refractivity contribution < 1.29 is 9.90 Å². The summed E-state index contributed by atoms with van der Waals surface area (Å²) in [6.45, 7) is 1.92. The van der Waals surface area contributed by atoms with Gasteiger partial charge in [0.05, 0.1) is 18.3 Å². The summed E-state index contributed by atoms with van der Waals surface area (Å²) in [6, 6.07) is 10.1. The average molecular weight is 342 g/mol. The lowest BCUT2D eigenvalue weighted by atomic mass is 10.00. The van der Waals surface area contributed by atoms with Gasteiger partial charge < -0.3 is 10.4 Å². The fraction of sp³-hybridized carbons (Fsp3) is 0.474. The van der Waals surface area contributed by atoms with Crippen molar-refractivity contribution in [3.05, 3.63) is 53.9 Å². The van der Waals surface area contributed by atoms with Crippen molar-refractivity contribution in [2.24, 2.45) is 7.05 Å². The van der Waals surface area contributed by atoms with Gasteiger partial charge in [0, 0.05) is 31.9 Å². The lowest BCUT2D eigenvalue weighted by molar-refractivity contribution is -0.128. The van der Waals surface area contributed by atoms with Gasteiger partial charge in [-0.05, 0) is 24.9 Å². The molecule has 3 rings (SSSR count). The van der Waals surface area contributed by atoms with Crippen molar-refractivity contribution in [3.63, 3.8) is 0 Å².